The van der Waals surface area contributed by atoms with Gasteiger partial charge in [0.05, 0.1) is 6.42 Å². The quantitative estimate of drug-likeness (QED) is 0.277. The van der Waals surface area contributed by atoms with E-state index in [-0.39, 0.29) is 18.1 Å². The number of anilines is 1. The van der Waals surface area contributed by atoms with E-state index >= 15 is 0 Å². The second kappa shape index (κ2) is 10.8. The zero-order chi connectivity index (χ0) is 23.0. The Labute approximate surface area is 197 Å². The fourth-order valence-corrected chi connectivity index (χ4v) is 4.12. The van der Waals surface area contributed by atoms with Crippen molar-refractivity contribution in [2.24, 2.45) is 0 Å². The predicted octanol–water partition coefficient (Wildman–Crippen LogP) is 7.58. The molecule has 3 nitrogen and oxygen atoms in total. The van der Waals surface area contributed by atoms with E-state index in [0.717, 1.165) is 16.9 Å². The summed E-state index contributed by atoms with van der Waals surface area (Å²) in [7, 11) is 0. The van der Waals surface area contributed by atoms with Gasteiger partial charge >= 0.3 is 0 Å². The maximum atomic E-state index is 13.8. The van der Waals surface area contributed by atoms with Crippen LogP contribution in [0.2, 0.25) is 0 Å². The highest BCUT2D eigenvalue weighted by Crippen LogP contribution is 2.36. The molecule has 0 fully saturated rings. The first kappa shape index (κ1) is 22.6. The number of hydrogen-bond acceptors (Lipinski definition) is 3. The number of carbonyl (C=O) groups excluding carboxylic acids is 1. The van der Waals surface area contributed by atoms with Gasteiger partial charge in [0.2, 0.25) is 5.91 Å². The van der Waals surface area contributed by atoms with E-state index in [1.54, 1.807) is 30.0 Å². The third-order valence-corrected chi connectivity index (χ3v) is 5.87. The first-order valence-corrected chi connectivity index (χ1v) is 11.7. The molecule has 0 saturated heterocycles. The summed E-state index contributed by atoms with van der Waals surface area (Å²) in [6, 6.07) is 29.2. The van der Waals surface area contributed by atoms with Crippen molar-refractivity contribution in [3.63, 3.8) is 0 Å². The summed E-state index contributed by atoms with van der Waals surface area (Å²) in [6.07, 6.45) is 0.275. The Hall–Kier alpha value is -3.57. The number of amides is 1. The maximum absolute atomic E-state index is 13.8. The van der Waals surface area contributed by atoms with Crippen LogP contribution in [0.25, 0.3) is 11.1 Å². The van der Waals surface area contributed by atoms with Gasteiger partial charge in [-0.3, -0.25) is 4.79 Å². The van der Waals surface area contributed by atoms with E-state index in [2.05, 4.69) is 12.2 Å². The number of para-hydroxylation sites is 1. The summed E-state index contributed by atoms with van der Waals surface area (Å²) in [5.74, 6) is 1.77. The van der Waals surface area contributed by atoms with Crippen LogP contribution in [0, 0.1) is 5.82 Å². The molecule has 4 aromatic carbocycles. The molecule has 0 unspecified atom stereocenters. The molecule has 0 aliphatic heterocycles. The molecule has 1 N–H and O–H groups in total. The molecular formula is C28H24FNO2S. The molecule has 166 valence electrons. The third-order valence-electron chi connectivity index (χ3n) is 4.97. The molecule has 4 rings (SSSR count). The standard InChI is InChI=1S/C28H24FNO2S/c1-2-33-25-14-11-20(12-15-25)17-28(31)30-23-13-16-26(21-7-6-8-22(29)18-21)27(19-23)32-24-9-4-3-5-10-24/h3-16,18-19H,2,17H2,1H3,(H,30,31). The third kappa shape index (κ3) is 6.24. The largest absolute Gasteiger partial charge is 0.457 e. The lowest BCUT2D eigenvalue weighted by Crippen LogP contribution is -2.14. The topological polar surface area (TPSA) is 38.3 Å². The monoisotopic (exact) mass is 457 g/mol. The number of ether oxygens (including phenoxy) is 1. The van der Waals surface area contributed by atoms with Crippen molar-refractivity contribution >= 4 is 23.4 Å². The van der Waals surface area contributed by atoms with Crippen LogP contribution in [0.5, 0.6) is 11.5 Å². The van der Waals surface area contributed by atoms with Crippen LogP contribution in [0.15, 0.2) is 102 Å². The smallest absolute Gasteiger partial charge is 0.228 e. The summed E-state index contributed by atoms with van der Waals surface area (Å²) in [5, 5.41) is 2.95. The molecule has 0 aliphatic carbocycles. The van der Waals surface area contributed by atoms with Gasteiger partial charge in [0.15, 0.2) is 0 Å². The summed E-state index contributed by atoms with van der Waals surface area (Å²) >= 11 is 1.77. The summed E-state index contributed by atoms with van der Waals surface area (Å²) in [5.41, 5.74) is 3.00. The number of hydrogen-bond donors (Lipinski definition) is 1. The Morgan fingerprint density at radius 2 is 1.70 bits per heavy atom. The van der Waals surface area contributed by atoms with Gasteiger partial charge in [0.25, 0.3) is 0 Å². The minimum absolute atomic E-state index is 0.116. The van der Waals surface area contributed by atoms with E-state index in [0.29, 0.717) is 22.7 Å². The molecule has 0 atom stereocenters. The molecule has 0 saturated carbocycles. The number of rotatable bonds is 8. The number of benzene rings is 4. The Kier molecular flexibility index (Phi) is 7.43. The van der Waals surface area contributed by atoms with E-state index in [1.165, 1.54) is 17.0 Å². The van der Waals surface area contributed by atoms with Gasteiger partial charge < -0.3 is 10.1 Å². The van der Waals surface area contributed by atoms with E-state index < -0.39 is 0 Å². The van der Waals surface area contributed by atoms with E-state index in [9.17, 15) is 9.18 Å². The minimum Gasteiger partial charge on any atom is -0.457 e. The normalized spacial score (nSPS) is 10.6. The summed E-state index contributed by atoms with van der Waals surface area (Å²) in [6.45, 7) is 2.11. The summed E-state index contributed by atoms with van der Waals surface area (Å²) < 4.78 is 19.9. The lowest BCUT2D eigenvalue weighted by atomic mass is 10.0. The molecule has 0 spiro atoms. The number of halogens is 1. The van der Waals surface area contributed by atoms with Crippen LogP contribution in [-0.2, 0) is 11.2 Å². The Morgan fingerprint density at radius 3 is 2.42 bits per heavy atom. The van der Waals surface area contributed by atoms with Crippen LogP contribution < -0.4 is 10.1 Å². The molecule has 4 aromatic rings. The van der Waals surface area contributed by atoms with Crippen LogP contribution in [0.3, 0.4) is 0 Å². The van der Waals surface area contributed by atoms with Crippen molar-refractivity contribution in [1.82, 2.24) is 0 Å². The van der Waals surface area contributed by atoms with Crippen LogP contribution in [0.1, 0.15) is 12.5 Å². The Balaban J connectivity index is 1.55. The van der Waals surface area contributed by atoms with Crippen LogP contribution in [-0.4, -0.2) is 11.7 Å². The Morgan fingerprint density at radius 1 is 0.909 bits per heavy atom. The zero-order valence-corrected chi connectivity index (χ0v) is 19.1. The van der Waals surface area contributed by atoms with E-state index in [1.807, 2.05) is 66.7 Å². The molecule has 33 heavy (non-hydrogen) atoms. The Bertz CT molecular complexity index is 1230. The van der Waals surface area contributed by atoms with Crippen LogP contribution in [0.4, 0.5) is 10.1 Å². The first-order valence-electron chi connectivity index (χ1n) is 10.7. The van der Waals surface area contributed by atoms with Gasteiger partial charge in [-0.1, -0.05) is 49.4 Å². The molecule has 1 amide bonds. The van der Waals surface area contributed by atoms with Gasteiger partial charge in [0.1, 0.15) is 17.3 Å². The first-order chi connectivity index (χ1) is 16.1. The molecular weight excluding hydrogens is 433 g/mol. The molecule has 0 aliphatic rings. The molecule has 5 heteroatoms. The zero-order valence-electron chi connectivity index (χ0n) is 18.3. The van der Waals surface area contributed by atoms with Crippen molar-refractivity contribution in [2.45, 2.75) is 18.2 Å². The summed E-state index contributed by atoms with van der Waals surface area (Å²) in [4.78, 5) is 13.8. The number of thioether (sulfide) groups is 1. The highest BCUT2D eigenvalue weighted by Gasteiger charge is 2.12. The maximum Gasteiger partial charge on any atom is 0.228 e. The lowest BCUT2D eigenvalue weighted by Gasteiger charge is -2.14. The average Bonchev–Trinajstić information content (AvgIpc) is 2.81. The number of nitrogens with one attached hydrogen (secondary N) is 1. The fourth-order valence-electron chi connectivity index (χ4n) is 3.46. The van der Waals surface area contributed by atoms with Gasteiger partial charge in [-0.05, 0) is 65.4 Å². The highest BCUT2D eigenvalue weighted by atomic mass is 32.2. The van der Waals surface area contributed by atoms with Crippen molar-refractivity contribution in [1.29, 1.82) is 0 Å². The van der Waals surface area contributed by atoms with Crippen molar-refractivity contribution in [2.75, 3.05) is 11.1 Å². The lowest BCUT2D eigenvalue weighted by molar-refractivity contribution is -0.115. The predicted molar refractivity (Wildman–Crippen MR) is 134 cm³/mol. The van der Waals surface area contributed by atoms with Crippen LogP contribution >= 0.6 is 11.8 Å². The van der Waals surface area contributed by atoms with Gasteiger partial charge in [-0.15, -0.1) is 11.8 Å². The fraction of sp³-hybridized carbons (Fsp3) is 0.107. The average molecular weight is 458 g/mol. The van der Waals surface area contributed by atoms with Crippen molar-refractivity contribution in [3.8, 4) is 22.6 Å². The van der Waals surface area contributed by atoms with Gasteiger partial charge in [-0.2, -0.15) is 0 Å². The second-order valence-corrected chi connectivity index (χ2v) is 8.78. The highest BCUT2D eigenvalue weighted by molar-refractivity contribution is 7.99. The number of carbonyl (C=O) groups is 1. The van der Waals surface area contributed by atoms with Crippen molar-refractivity contribution < 1.29 is 13.9 Å². The van der Waals surface area contributed by atoms with Crippen molar-refractivity contribution in [3.05, 3.63) is 108 Å². The molecule has 0 aromatic heterocycles. The van der Waals surface area contributed by atoms with Gasteiger partial charge in [-0.25, -0.2) is 4.39 Å². The molecule has 0 heterocycles. The molecule has 0 radical (unpaired) electrons. The van der Waals surface area contributed by atoms with E-state index in [4.69, 9.17) is 4.74 Å². The molecule has 0 bridgehead atoms. The van der Waals surface area contributed by atoms with Gasteiger partial charge in [0, 0.05) is 22.2 Å². The second-order valence-electron chi connectivity index (χ2n) is 7.44. The SMILES string of the molecule is CCSc1ccc(CC(=O)Nc2ccc(-c3cccc(F)c3)c(Oc3ccccc3)c2)cc1. The minimum atomic E-state index is -0.320.